The van der Waals surface area contributed by atoms with Crippen molar-refractivity contribution in [2.24, 2.45) is 0 Å². The number of nitrogens with one attached hydrogen (secondary N) is 1. The Kier molecular flexibility index (Phi) is 4.72. The van der Waals surface area contributed by atoms with Crippen molar-refractivity contribution in [2.75, 3.05) is 12.4 Å². The van der Waals surface area contributed by atoms with E-state index >= 15 is 0 Å². The van der Waals surface area contributed by atoms with Crippen LogP contribution in [0, 0.1) is 11.6 Å². The van der Waals surface area contributed by atoms with Crippen LogP contribution in [0.3, 0.4) is 0 Å². The highest BCUT2D eigenvalue weighted by Gasteiger charge is 2.18. The van der Waals surface area contributed by atoms with Crippen molar-refractivity contribution in [2.45, 2.75) is 0 Å². The predicted octanol–water partition coefficient (Wildman–Crippen LogP) is 3.66. The second kappa shape index (κ2) is 6.53. The zero-order valence-corrected chi connectivity index (χ0v) is 12.1. The number of hydrogen-bond donors (Lipinski definition) is 1. The Labute approximate surface area is 129 Å². The lowest BCUT2D eigenvalue weighted by molar-refractivity contribution is 0.0595. The molecule has 1 amide bonds. The molecule has 114 valence electrons. The van der Waals surface area contributed by atoms with Crippen LogP contribution < -0.4 is 5.32 Å². The molecule has 0 radical (unpaired) electrons. The number of benzene rings is 2. The fourth-order valence-corrected chi connectivity index (χ4v) is 2.01. The summed E-state index contributed by atoms with van der Waals surface area (Å²) < 4.78 is 31.5. The van der Waals surface area contributed by atoms with Crippen LogP contribution in [0.25, 0.3) is 0 Å². The van der Waals surface area contributed by atoms with Gasteiger partial charge in [-0.3, -0.25) is 4.79 Å². The van der Waals surface area contributed by atoms with E-state index in [1.54, 1.807) is 0 Å². The molecule has 0 aliphatic carbocycles. The van der Waals surface area contributed by atoms with Crippen molar-refractivity contribution in [3.8, 4) is 0 Å². The summed E-state index contributed by atoms with van der Waals surface area (Å²) in [6.45, 7) is 0. The standard InChI is InChI=1S/C15H10ClF2NO3/c1-22-15(21)10-3-2-4-12(13(10)18)19-14(20)9-6-5-8(17)7-11(9)16/h2-7H,1H3,(H,19,20). The molecule has 1 N–H and O–H groups in total. The maximum absolute atomic E-state index is 14.1. The Hall–Kier alpha value is -2.47. The molecule has 0 spiro atoms. The van der Waals surface area contributed by atoms with Gasteiger partial charge in [0.15, 0.2) is 5.82 Å². The molecule has 2 rings (SSSR count). The normalized spacial score (nSPS) is 10.2. The summed E-state index contributed by atoms with van der Waals surface area (Å²) in [6.07, 6.45) is 0. The lowest BCUT2D eigenvalue weighted by atomic mass is 10.1. The summed E-state index contributed by atoms with van der Waals surface area (Å²) in [5.41, 5.74) is -0.551. The van der Waals surface area contributed by atoms with Crippen LogP contribution in [-0.4, -0.2) is 19.0 Å². The van der Waals surface area contributed by atoms with Gasteiger partial charge in [-0.15, -0.1) is 0 Å². The quantitative estimate of drug-likeness (QED) is 0.876. The average Bonchev–Trinajstić information content (AvgIpc) is 2.48. The third kappa shape index (κ3) is 3.23. The molecule has 0 heterocycles. The van der Waals surface area contributed by atoms with Crippen molar-refractivity contribution in [3.05, 3.63) is 64.2 Å². The van der Waals surface area contributed by atoms with Crippen molar-refractivity contribution < 1.29 is 23.1 Å². The summed E-state index contributed by atoms with van der Waals surface area (Å²) in [5, 5.41) is 2.17. The molecule has 0 bridgehead atoms. The molecular formula is C15H10ClF2NO3. The van der Waals surface area contributed by atoms with E-state index in [0.29, 0.717) is 0 Å². The van der Waals surface area contributed by atoms with Crippen LogP contribution in [0.15, 0.2) is 36.4 Å². The fourth-order valence-electron chi connectivity index (χ4n) is 1.76. The Morgan fingerprint density at radius 3 is 2.50 bits per heavy atom. The highest BCUT2D eigenvalue weighted by Crippen LogP contribution is 2.22. The summed E-state index contributed by atoms with van der Waals surface area (Å²) in [5.74, 6) is -3.12. The summed E-state index contributed by atoms with van der Waals surface area (Å²) >= 11 is 5.77. The van der Waals surface area contributed by atoms with Crippen molar-refractivity contribution in [1.29, 1.82) is 0 Å². The zero-order chi connectivity index (χ0) is 16.3. The smallest absolute Gasteiger partial charge is 0.340 e. The first-order valence-corrected chi connectivity index (χ1v) is 6.45. The van der Waals surface area contributed by atoms with E-state index in [4.69, 9.17) is 11.6 Å². The van der Waals surface area contributed by atoms with Gasteiger partial charge in [-0.05, 0) is 30.3 Å². The second-order valence-electron chi connectivity index (χ2n) is 4.24. The molecule has 0 fully saturated rings. The van der Waals surface area contributed by atoms with E-state index in [9.17, 15) is 18.4 Å². The number of anilines is 1. The Morgan fingerprint density at radius 1 is 1.14 bits per heavy atom. The second-order valence-corrected chi connectivity index (χ2v) is 4.64. The van der Waals surface area contributed by atoms with E-state index < -0.39 is 23.5 Å². The van der Waals surface area contributed by atoms with Gasteiger partial charge in [0.1, 0.15) is 5.82 Å². The third-order valence-electron chi connectivity index (χ3n) is 2.83. The minimum atomic E-state index is -0.930. The first kappa shape index (κ1) is 15.9. The minimum Gasteiger partial charge on any atom is -0.465 e. The lowest BCUT2D eigenvalue weighted by Gasteiger charge is -2.09. The number of esters is 1. The van der Waals surface area contributed by atoms with Crippen LogP contribution in [0.5, 0.6) is 0 Å². The van der Waals surface area contributed by atoms with Crippen molar-refractivity contribution in [3.63, 3.8) is 0 Å². The highest BCUT2D eigenvalue weighted by atomic mass is 35.5. The van der Waals surface area contributed by atoms with Gasteiger partial charge in [0, 0.05) is 0 Å². The number of hydrogen-bond acceptors (Lipinski definition) is 3. The maximum atomic E-state index is 14.1. The van der Waals surface area contributed by atoms with Gasteiger partial charge in [0.25, 0.3) is 5.91 Å². The fraction of sp³-hybridized carbons (Fsp3) is 0.0667. The molecule has 0 saturated heterocycles. The Balaban J connectivity index is 2.31. The van der Waals surface area contributed by atoms with Crippen LogP contribution in [0.4, 0.5) is 14.5 Å². The number of halogens is 3. The Bertz CT molecular complexity index is 750. The van der Waals surface area contributed by atoms with E-state index in [0.717, 1.165) is 19.2 Å². The number of rotatable bonds is 3. The largest absolute Gasteiger partial charge is 0.465 e. The topological polar surface area (TPSA) is 55.4 Å². The SMILES string of the molecule is COC(=O)c1cccc(NC(=O)c2ccc(F)cc2Cl)c1F. The summed E-state index contributed by atoms with van der Waals surface area (Å²) in [6, 6.07) is 7.09. The van der Waals surface area contributed by atoms with Crippen LogP contribution in [0.1, 0.15) is 20.7 Å². The molecule has 0 saturated carbocycles. The maximum Gasteiger partial charge on any atom is 0.340 e. The first-order chi connectivity index (χ1) is 10.4. The van der Waals surface area contributed by atoms with Gasteiger partial charge in [-0.25, -0.2) is 13.6 Å². The number of carbonyl (C=O) groups is 2. The average molecular weight is 326 g/mol. The summed E-state index contributed by atoms with van der Waals surface area (Å²) in [4.78, 5) is 23.4. The van der Waals surface area contributed by atoms with E-state index in [-0.39, 0.29) is 21.8 Å². The van der Waals surface area contributed by atoms with Crippen LogP contribution in [0.2, 0.25) is 5.02 Å². The number of carbonyl (C=O) groups excluding carboxylic acids is 2. The molecule has 2 aromatic carbocycles. The number of amides is 1. The zero-order valence-electron chi connectivity index (χ0n) is 11.3. The van der Waals surface area contributed by atoms with Gasteiger partial charge >= 0.3 is 5.97 Å². The molecule has 7 heteroatoms. The van der Waals surface area contributed by atoms with Gasteiger partial charge in [-0.2, -0.15) is 0 Å². The highest BCUT2D eigenvalue weighted by molar-refractivity contribution is 6.34. The van der Waals surface area contributed by atoms with Gasteiger partial charge < -0.3 is 10.1 Å². The molecule has 0 aliphatic heterocycles. The van der Waals surface area contributed by atoms with E-state index in [1.165, 1.54) is 24.3 Å². The number of ether oxygens (including phenoxy) is 1. The lowest BCUT2D eigenvalue weighted by Crippen LogP contribution is -2.15. The third-order valence-corrected chi connectivity index (χ3v) is 3.14. The molecule has 4 nitrogen and oxygen atoms in total. The van der Waals surface area contributed by atoms with Gasteiger partial charge in [-0.1, -0.05) is 17.7 Å². The molecular weight excluding hydrogens is 316 g/mol. The molecule has 2 aromatic rings. The molecule has 0 unspecified atom stereocenters. The molecule has 0 aliphatic rings. The molecule has 22 heavy (non-hydrogen) atoms. The molecule has 0 aromatic heterocycles. The predicted molar refractivity (Wildman–Crippen MR) is 77.1 cm³/mol. The number of methoxy groups -OCH3 is 1. The van der Waals surface area contributed by atoms with E-state index in [1.807, 2.05) is 0 Å². The van der Waals surface area contributed by atoms with Gasteiger partial charge in [0.2, 0.25) is 0 Å². The molecule has 0 atom stereocenters. The monoisotopic (exact) mass is 325 g/mol. The first-order valence-electron chi connectivity index (χ1n) is 6.07. The summed E-state index contributed by atoms with van der Waals surface area (Å²) in [7, 11) is 1.12. The minimum absolute atomic E-state index is 0.0223. The van der Waals surface area contributed by atoms with Crippen molar-refractivity contribution in [1.82, 2.24) is 0 Å². The van der Waals surface area contributed by atoms with Crippen LogP contribution in [-0.2, 0) is 4.74 Å². The van der Waals surface area contributed by atoms with Crippen molar-refractivity contribution >= 4 is 29.2 Å². The van der Waals surface area contributed by atoms with E-state index in [2.05, 4.69) is 10.1 Å². The van der Waals surface area contributed by atoms with Gasteiger partial charge in [0.05, 0.1) is 28.9 Å². The Morgan fingerprint density at radius 2 is 1.86 bits per heavy atom. The van der Waals surface area contributed by atoms with Crippen LogP contribution >= 0.6 is 11.6 Å².